The number of hydrogen-bond donors (Lipinski definition) is 2. The van der Waals surface area contributed by atoms with Gasteiger partial charge in [-0.05, 0) is 49.9 Å². The van der Waals surface area contributed by atoms with Crippen molar-refractivity contribution in [2.24, 2.45) is 11.7 Å². The second-order valence-corrected chi connectivity index (χ2v) is 5.71. The third-order valence-corrected chi connectivity index (χ3v) is 4.16. The van der Waals surface area contributed by atoms with Crippen LogP contribution in [0, 0.1) is 5.92 Å². The fourth-order valence-electron chi connectivity index (χ4n) is 2.75. The molecule has 1 saturated carbocycles. The Hall–Kier alpha value is -1.09. The van der Waals surface area contributed by atoms with Gasteiger partial charge >= 0.3 is 0 Å². The van der Waals surface area contributed by atoms with E-state index < -0.39 is 0 Å². The van der Waals surface area contributed by atoms with Crippen LogP contribution in [0.15, 0.2) is 24.3 Å². The fourth-order valence-corrected chi connectivity index (χ4v) is 2.88. The highest BCUT2D eigenvalue weighted by Gasteiger charge is 2.19. The van der Waals surface area contributed by atoms with Crippen LogP contribution in [0.5, 0.6) is 0 Å². The molecule has 1 aliphatic rings. The highest BCUT2D eigenvalue weighted by Crippen LogP contribution is 2.28. The Morgan fingerprint density at radius 2 is 1.83 bits per heavy atom. The van der Waals surface area contributed by atoms with Crippen LogP contribution in [-0.4, -0.2) is 11.0 Å². The first-order chi connectivity index (χ1) is 8.66. The van der Waals surface area contributed by atoms with Crippen LogP contribution < -0.4 is 11.1 Å². The summed E-state index contributed by atoms with van der Waals surface area (Å²) in [6.45, 7) is 2.29. The molecule has 1 aliphatic carbocycles. The normalized spacial score (nSPS) is 18.3. The zero-order valence-electron chi connectivity index (χ0n) is 11.0. The lowest BCUT2D eigenvalue weighted by atomic mass is 9.84. The summed E-state index contributed by atoms with van der Waals surface area (Å²) < 4.78 is 0. The molecule has 1 aromatic carbocycles. The molecule has 0 aromatic heterocycles. The summed E-state index contributed by atoms with van der Waals surface area (Å²) in [5.74, 6) is 0.814. The van der Waals surface area contributed by atoms with E-state index in [4.69, 9.17) is 18.0 Å². The molecule has 0 spiro atoms. The number of benzene rings is 1. The van der Waals surface area contributed by atoms with E-state index in [1.54, 1.807) is 0 Å². The number of nitrogens with two attached hydrogens (primary N) is 1. The molecule has 2 rings (SSSR count). The first kappa shape index (κ1) is 13.3. The molecule has 0 radical (unpaired) electrons. The number of anilines is 1. The van der Waals surface area contributed by atoms with Crippen molar-refractivity contribution in [1.29, 1.82) is 0 Å². The van der Waals surface area contributed by atoms with Gasteiger partial charge in [-0.25, -0.2) is 0 Å². The predicted octanol–water partition coefficient (Wildman–Crippen LogP) is 3.70. The van der Waals surface area contributed by atoms with E-state index in [1.165, 1.54) is 32.1 Å². The van der Waals surface area contributed by atoms with E-state index in [1.807, 2.05) is 12.1 Å². The van der Waals surface area contributed by atoms with Crippen LogP contribution in [-0.2, 0) is 0 Å². The van der Waals surface area contributed by atoms with E-state index in [0.29, 0.717) is 11.0 Å². The minimum Gasteiger partial charge on any atom is -0.389 e. The minimum absolute atomic E-state index is 0.460. The summed E-state index contributed by atoms with van der Waals surface area (Å²) in [6.07, 6.45) is 6.90. The number of nitrogens with one attached hydrogen (secondary N) is 1. The molecule has 1 aromatic rings. The van der Waals surface area contributed by atoms with E-state index in [9.17, 15) is 0 Å². The molecule has 0 heterocycles. The standard InChI is InChI=1S/C15H22N2S/c1-11(12-5-3-2-4-6-12)17-14-9-7-13(8-10-14)15(16)18/h7-12,17H,2-6H2,1H3,(H2,16,18). The maximum Gasteiger partial charge on any atom is 0.103 e. The Balaban J connectivity index is 1.93. The molecular formula is C15H22N2S. The third-order valence-electron chi connectivity index (χ3n) is 3.92. The lowest BCUT2D eigenvalue weighted by Crippen LogP contribution is -2.27. The molecule has 0 saturated heterocycles. The fraction of sp³-hybridized carbons (Fsp3) is 0.533. The van der Waals surface area contributed by atoms with Crippen LogP contribution in [0.3, 0.4) is 0 Å². The Labute approximate surface area is 115 Å². The van der Waals surface area contributed by atoms with Gasteiger partial charge in [0.15, 0.2) is 0 Å². The van der Waals surface area contributed by atoms with Crippen molar-refractivity contribution in [3.8, 4) is 0 Å². The maximum atomic E-state index is 5.59. The molecule has 18 heavy (non-hydrogen) atoms. The van der Waals surface area contributed by atoms with E-state index >= 15 is 0 Å². The zero-order valence-corrected chi connectivity index (χ0v) is 11.8. The maximum absolute atomic E-state index is 5.59. The Morgan fingerprint density at radius 1 is 1.22 bits per heavy atom. The highest BCUT2D eigenvalue weighted by molar-refractivity contribution is 7.80. The van der Waals surface area contributed by atoms with Gasteiger partial charge in [0.1, 0.15) is 4.99 Å². The van der Waals surface area contributed by atoms with Crippen molar-refractivity contribution in [3.63, 3.8) is 0 Å². The largest absolute Gasteiger partial charge is 0.389 e. The van der Waals surface area contributed by atoms with E-state index in [0.717, 1.165) is 17.2 Å². The lowest BCUT2D eigenvalue weighted by Gasteiger charge is -2.29. The predicted molar refractivity (Wildman–Crippen MR) is 82.0 cm³/mol. The average molecular weight is 262 g/mol. The molecule has 1 unspecified atom stereocenters. The van der Waals surface area contributed by atoms with Crippen LogP contribution >= 0.6 is 12.2 Å². The summed E-state index contributed by atoms with van der Waals surface area (Å²) in [7, 11) is 0. The van der Waals surface area contributed by atoms with Gasteiger partial charge < -0.3 is 11.1 Å². The second kappa shape index (κ2) is 6.19. The van der Waals surface area contributed by atoms with Crippen molar-refractivity contribution in [2.45, 2.75) is 45.1 Å². The first-order valence-corrected chi connectivity index (χ1v) is 7.24. The van der Waals surface area contributed by atoms with Gasteiger partial charge in [0.05, 0.1) is 0 Å². The lowest BCUT2D eigenvalue weighted by molar-refractivity contribution is 0.328. The minimum atomic E-state index is 0.460. The summed E-state index contributed by atoms with van der Waals surface area (Å²) >= 11 is 4.95. The molecule has 2 nitrogen and oxygen atoms in total. The molecule has 0 amide bonds. The van der Waals surface area contributed by atoms with Gasteiger partial charge in [0, 0.05) is 17.3 Å². The number of thiocarbonyl (C=S) groups is 1. The molecule has 0 aliphatic heterocycles. The Kier molecular flexibility index (Phi) is 4.59. The third kappa shape index (κ3) is 3.45. The van der Waals surface area contributed by atoms with Crippen LogP contribution in [0.25, 0.3) is 0 Å². The van der Waals surface area contributed by atoms with Crippen LogP contribution in [0.1, 0.15) is 44.6 Å². The van der Waals surface area contributed by atoms with E-state index in [-0.39, 0.29) is 0 Å². The topological polar surface area (TPSA) is 38.0 Å². The Morgan fingerprint density at radius 3 is 2.39 bits per heavy atom. The van der Waals surface area contributed by atoms with Crippen molar-refractivity contribution >= 4 is 22.9 Å². The molecule has 3 heteroatoms. The molecule has 3 N–H and O–H groups in total. The summed E-state index contributed by atoms with van der Waals surface area (Å²) in [5, 5.41) is 3.59. The Bertz CT molecular complexity index is 393. The zero-order chi connectivity index (χ0) is 13.0. The first-order valence-electron chi connectivity index (χ1n) is 6.83. The second-order valence-electron chi connectivity index (χ2n) is 5.27. The molecular weight excluding hydrogens is 240 g/mol. The van der Waals surface area contributed by atoms with Gasteiger partial charge in [0.25, 0.3) is 0 Å². The van der Waals surface area contributed by atoms with Crippen molar-refractivity contribution in [2.75, 3.05) is 5.32 Å². The van der Waals surface area contributed by atoms with Gasteiger partial charge in [-0.3, -0.25) is 0 Å². The molecule has 0 bridgehead atoms. The number of hydrogen-bond acceptors (Lipinski definition) is 2. The van der Waals surface area contributed by atoms with Crippen molar-refractivity contribution < 1.29 is 0 Å². The van der Waals surface area contributed by atoms with Gasteiger partial charge in [-0.1, -0.05) is 31.5 Å². The van der Waals surface area contributed by atoms with Crippen molar-refractivity contribution in [3.05, 3.63) is 29.8 Å². The van der Waals surface area contributed by atoms with Crippen LogP contribution in [0.4, 0.5) is 5.69 Å². The molecule has 1 atom stereocenters. The SMILES string of the molecule is CC(Nc1ccc(C(N)=S)cc1)C1CCCCC1. The van der Waals surface area contributed by atoms with Crippen molar-refractivity contribution in [1.82, 2.24) is 0 Å². The smallest absolute Gasteiger partial charge is 0.103 e. The van der Waals surface area contributed by atoms with Crippen LogP contribution in [0.2, 0.25) is 0 Å². The summed E-state index contributed by atoms with van der Waals surface area (Å²) in [6, 6.07) is 8.64. The monoisotopic (exact) mass is 262 g/mol. The molecule has 1 fully saturated rings. The molecule has 98 valence electrons. The quantitative estimate of drug-likeness (QED) is 0.813. The highest BCUT2D eigenvalue weighted by atomic mass is 32.1. The average Bonchev–Trinajstić information content (AvgIpc) is 2.40. The number of rotatable bonds is 4. The van der Waals surface area contributed by atoms with E-state index in [2.05, 4.69) is 24.4 Å². The summed E-state index contributed by atoms with van der Waals surface area (Å²) in [4.78, 5) is 0.460. The van der Waals surface area contributed by atoms with Gasteiger partial charge in [0.2, 0.25) is 0 Å². The van der Waals surface area contributed by atoms with Gasteiger partial charge in [-0.2, -0.15) is 0 Å². The van der Waals surface area contributed by atoms with Gasteiger partial charge in [-0.15, -0.1) is 0 Å². The summed E-state index contributed by atoms with van der Waals surface area (Å²) in [5.41, 5.74) is 7.68.